The van der Waals surface area contributed by atoms with Crippen LogP contribution in [0, 0.1) is 11.6 Å². The van der Waals surface area contributed by atoms with E-state index < -0.39 is 11.6 Å². The van der Waals surface area contributed by atoms with Gasteiger partial charge in [0.05, 0.1) is 0 Å². The number of rotatable bonds is 2. The summed E-state index contributed by atoms with van der Waals surface area (Å²) in [5.41, 5.74) is 0.469. The van der Waals surface area contributed by atoms with Crippen molar-refractivity contribution in [1.29, 1.82) is 0 Å². The van der Waals surface area contributed by atoms with Crippen LogP contribution in [0.3, 0.4) is 0 Å². The summed E-state index contributed by atoms with van der Waals surface area (Å²) >= 11 is 0. The third kappa shape index (κ3) is 2.05. The molecule has 0 fully saturated rings. The first kappa shape index (κ1) is 12.4. The van der Waals surface area contributed by atoms with Crippen molar-refractivity contribution in [2.24, 2.45) is 0 Å². The van der Waals surface area contributed by atoms with Crippen LogP contribution in [0.25, 0.3) is 10.8 Å². The lowest BCUT2D eigenvalue weighted by molar-refractivity contribution is 0.103. The van der Waals surface area contributed by atoms with E-state index in [9.17, 15) is 13.6 Å². The highest BCUT2D eigenvalue weighted by atomic mass is 19.2. The van der Waals surface area contributed by atoms with Crippen molar-refractivity contribution in [1.82, 2.24) is 4.98 Å². The minimum absolute atomic E-state index is 0.0991. The van der Waals surface area contributed by atoms with Crippen LogP contribution in [0.1, 0.15) is 15.9 Å². The van der Waals surface area contributed by atoms with Crippen LogP contribution in [0.5, 0.6) is 0 Å². The van der Waals surface area contributed by atoms with Crippen LogP contribution in [0.15, 0.2) is 54.9 Å². The highest BCUT2D eigenvalue weighted by molar-refractivity contribution is 6.16. The van der Waals surface area contributed by atoms with Crippen LogP contribution in [-0.4, -0.2) is 10.8 Å². The fourth-order valence-corrected chi connectivity index (χ4v) is 2.09. The molecule has 1 aromatic heterocycles. The van der Waals surface area contributed by atoms with Gasteiger partial charge in [0.25, 0.3) is 0 Å². The summed E-state index contributed by atoms with van der Waals surface area (Å²) in [5.74, 6) is -2.39. The van der Waals surface area contributed by atoms with E-state index in [1.807, 2.05) is 18.2 Å². The molecule has 0 saturated carbocycles. The maximum Gasteiger partial charge on any atom is 0.195 e. The first-order valence-corrected chi connectivity index (χ1v) is 5.99. The number of nitrogens with zero attached hydrogens (tertiary/aromatic N) is 1. The second-order valence-electron chi connectivity index (χ2n) is 4.37. The SMILES string of the molecule is O=C(c1ccc(F)c(F)c1)c1cncc2ccccc12. The number of aromatic nitrogens is 1. The van der Waals surface area contributed by atoms with Crippen LogP contribution in [0.2, 0.25) is 0 Å². The minimum Gasteiger partial charge on any atom is -0.289 e. The summed E-state index contributed by atoms with van der Waals surface area (Å²) in [6, 6.07) is 10.4. The van der Waals surface area contributed by atoms with Gasteiger partial charge >= 0.3 is 0 Å². The lowest BCUT2D eigenvalue weighted by Crippen LogP contribution is -2.04. The monoisotopic (exact) mass is 269 g/mol. The van der Waals surface area contributed by atoms with Gasteiger partial charge in [-0.2, -0.15) is 0 Å². The zero-order valence-corrected chi connectivity index (χ0v) is 10.3. The normalized spacial score (nSPS) is 10.7. The second kappa shape index (κ2) is 4.81. The number of hydrogen-bond acceptors (Lipinski definition) is 2. The lowest BCUT2D eigenvalue weighted by Gasteiger charge is -2.05. The Morgan fingerprint density at radius 2 is 1.75 bits per heavy atom. The van der Waals surface area contributed by atoms with E-state index in [1.54, 1.807) is 12.3 Å². The summed E-state index contributed by atoms with van der Waals surface area (Å²) in [7, 11) is 0. The van der Waals surface area contributed by atoms with Crippen LogP contribution < -0.4 is 0 Å². The van der Waals surface area contributed by atoms with E-state index in [0.717, 1.165) is 22.9 Å². The van der Waals surface area contributed by atoms with Crippen molar-refractivity contribution in [3.63, 3.8) is 0 Å². The highest BCUT2D eigenvalue weighted by Crippen LogP contribution is 2.21. The molecule has 3 aromatic rings. The van der Waals surface area contributed by atoms with Gasteiger partial charge in [-0.15, -0.1) is 0 Å². The molecule has 98 valence electrons. The van der Waals surface area contributed by atoms with Crippen molar-refractivity contribution in [2.45, 2.75) is 0 Å². The largest absolute Gasteiger partial charge is 0.289 e. The number of benzene rings is 2. The first-order valence-electron chi connectivity index (χ1n) is 5.99. The molecular formula is C16H9F2NO. The highest BCUT2D eigenvalue weighted by Gasteiger charge is 2.14. The molecule has 0 aliphatic carbocycles. The molecule has 0 amide bonds. The quantitative estimate of drug-likeness (QED) is 0.663. The van der Waals surface area contributed by atoms with Gasteiger partial charge in [-0.1, -0.05) is 24.3 Å². The van der Waals surface area contributed by atoms with Gasteiger partial charge in [-0.05, 0) is 23.6 Å². The molecule has 0 aliphatic rings. The van der Waals surface area contributed by atoms with E-state index in [4.69, 9.17) is 0 Å². The third-order valence-electron chi connectivity index (χ3n) is 3.09. The van der Waals surface area contributed by atoms with Crippen LogP contribution >= 0.6 is 0 Å². The second-order valence-corrected chi connectivity index (χ2v) is 4.37. The van der Waals surface area contributed by atoms with Crippen LogP contribution in [-0.2, 0) is 0 Å². The molecule has 0 aliphatic heterocycles. The molecule has 4 heteroatoms. The Labute approximate surface area is 113 Å². The van der Waals surface area contributed by atoms with E-state index in [2.05, 4.69) is 4.98 Å². The summed E-state index contributed by atoms with van der Waals surface area (Å²) < 4.78 is 26.1. The predicted octanol–water partition coefficient (Wildman–Crippen LogP) is 3.74. The Morgan fingerprint density at radius 1 is 0.950 bits per heavy atom. The Morgan fingerprint density at radius 3 is 2.55 bits per heavy atom. The molecule has 0 radical (unpaired) electrons. The van der Waals surface area contributed by atoms with Crippen molar-refractivity contribution in [3.8, 4) is 0 Å². The topological polar surface area (TPSA) is 30.0 Å². The summed E-state index contributed by atoms with van der Waals surface area (Å²) in [6.45, 7) is 0. The van der Waals surface area contributed by atoms with E-state index >= 15 is 0 Å². The van der Waals surface area contributed by atoms with Gasteiger partial charge < -0.3 is 0 Å². The van der Waals surface area contributed by atoms with Crippen molar-refractivity contribution >= 4 is 16.6 Å². The number of fused-ring (bicyclic) bond motifs is 1. The fourth-order valence-electron chi connectivity index (χ4n) is 2.09. The van der Waals surface area contributed by atoms with Gasteiger partial charge in [0, 0.05) is 28.9 Å². The summed E-state index contributed by atoms with van der Waals surface area (Å²) in [4.78, 5) is 16.4. The van der Waals surface area contributed by atoms with E-state index in [0.29, 0.717) is 5.56 Å². The minimum atomic E-state index is -1.04. The molecule has 2 nitrogen and oxygen atoms in total. The average molecular weight is 269 g/mol. The predicted molar refractivity (Wildman–Crippen MR) is 71.5 cm³/mol. The number of hydrogen-bond donors (Lipinski definition) is 0. The van der Waals surface area contributed by atoms with Crippen molar-refractivity contribution < 1.29 is 13.6 Å². The number of carbonyl (C=O) groups excluding carboxylic acids is 1. The first-order chi connectivity index (χ1) is 9.66. The molecule has 0 N–H and O–H groups in total. The smallest absolute Gasteiger partial charge is 0.195 e. The van der Waals surface area contributed by atoms with Crippen LogP contribution in [0.4, 0.5) is 8.78 Å². The maximum atomic E-state index is 13.2. The molecule has 0 spiro atoms. The van der Waals surface area contributed by atoms with E-state index in [1.165, 1.54) is 12.3 Å². The number of pyridine rings is 1. The zero-order chi connectivity index (χ0) is 14.1. The molecule has 20 heavy (non-hydrogen) atoms. The molecule has 2 aromatic carbocycles. The van der Waals surface area contributed by atoms with Gasteiger partial charge in [-0.3, -0.25) is 9.78 Å². The lowest BCUT2D eigenvalue weighted by atomic mass is 9.99. The zero-order valence-electron chi connectivity index (χ0n) is 10.3. The Bertz CT molecular complexity index is 809. The van der Waals surface area contributed by atoms with Gasteiger partial charge in [0.2, 0.25) is 0 Å². The number of carbonyl (C=O) groups is 1. The van der Waals surface area contributed by atoms with Gasteiger partial charge in [0.1, 0.15) is 0 Å². The molecule has 0 atom stereocenters. The molecule has 1 heterocycles. The Hall–Kier alpha value is -2.62. The molecule has 0 unspecified atom stereocenters. The van der Waals surface area contributed by atoms with Gasteiger partial charge in [-0.25, -0.2) is 8.78 Å². The third-order valence-corrected chi connectivity index (χ3v) is 3.09. The number of halogens is 2. The standard InChI is InChI=1S/C16H9F2NO/c17-14-6-5-10(7-15(14)18)16(20)13-9-19-8-11-3-1-2-4-12(11)13/h1-9H. The maximum absolute atomic E-state index is 13.2. The average Bonchev–Trinajstić information content (AvgIpc) is 2.49. The summed E-state index contributed by atoms with van der Waals surface area (Å²) in [5, 5.41) is 1.55. The molecule has 3 rings (SSSR count). The van der Waals surface area contributed by atoms with Gasteiger partial charge in [0.15, 0.2) is 17.4 Å². The van der Waals surface area contributed by atoms with Crippen molar-refractivity contribution in [2.75, 3.05) is 0 Å². The fraction of sp³-hybridized carbons (Fsp3) is 0. The van der Waals surface area contributed by atoms with Crippen molar-refractivity contribution in [3.05, 3.63) is 77.6 Å². The van der Waals surface area contributed by atoms with E-state index in [-0.39, 0.29) is 11.3 Å². The molecular weight excluding hydrogens is 260 g/mol. The molecule has 0 bridgehead atoms. The summed E-state index contributed by atoms with van der Waals surface area (Å²) in [6.07, 6.45) is 3.09. The number of ketones is 1. The Balaban J connectivity index is 2.15. The Kier molecular flexibility index (Phi) is 2.99. The molecule has 0 saturated heterocycles.